The Bertz CT molecular complexity index is 395. The summed E-state index contributed by atoms with van der Waals surface area (Å²) < 4.78 is 0. The van der Waals surface area contributed by atoms with Crippen molar-refractivity contribution < 1.29 is 0 Å². The topological polar surface area (TPSA) is 3.24 Å². The Kier molecular flexibility index (Phi) is 3.17. The summed E-state index contributed by atoms with van der Waals surface area (Å²) in [5.41, 5.74) is 4.27. The van der Waals surface area contributed by atoms with Crippen molar-refractivity contribution in [2.24, 2.45) is 0 Å². The summed E-state index contributed by atoms with van der Waals surface area (Å²) >= 11 is 4.52. The normalized spacial score (nSPS) is 18.3. The Hall–Kier alpha value is -0.730. The molecule has 1 aromatic rings. The highest BCUT2D eigenvalue weighted by atomic mass is 32.1. The molecule has 1 aliphatic rings. The number of benzene rings is 1. The molecule has 0 bridgehead atoms. The lowest BCUT2D eigenvalue weighted by Gasteiger charge is -2.26. The Morgan fingerprint density at radius 3 is 2.67 bits per heavy atom. The first kappa shape index (κ1) is 10.8. The summed E-state index contributed by atoms with van der Waals surface area (Å²) in [7, 11) is 2.17. The molecule has 0 N–H and O–H groups in total. The lowest BCUT2D eigenvalue weighted by Crippen LogP contribution is -2.26. The van der Waals surface area contributed by atoms with Crippen molar-refractivity contribution in [3.05, 3.63) is 35.4 Å². The van der Waals surface area contributed by atoms with Gasteiger partial charge >= 0.3 is 0 Å². The van der Waals surface area contributed by atoms with Crippen LogP contribution in [-0.4, -0.2) is 25.0 Å². The lowest BCUT2D eigenvalue weighted by atomic mass is 9.94. The molecule has 0 saturated heterocycles. The van der Waals surface area contributed by atoms with Gasteiger partial charge in [-0.15, -0.1) is 12.6 Å². The zero-order valence-electron chi connectivity index (χ0n) is 9.33. The van der Waals surface area contributed by atoms with Gasteiger partial charge in [-0.05, 0) is 37.6 Å². The minimum absolute atomic E-state index is 1.08. The third-order valence-electron chi connectivity index (χ3n) is 2.99. The quantitative estimate of drug-likeness (QED) is 0.710. The first-order valence-corrected chi connectivity index (χ1v) is 5.78. The van der Waals surface area contributed by atoms with Crippen molar-refractivity contribution in [2.75, 3.05) is 20.1 Å². The van der Waals surface area contributed by atoms with Gasteiger partial charge in [-0.25, -0.2) is 0 Å². The van der Waals surface area contributed by atoms with Gasteiger partial charge in [0, 0.05) is 18.0 Å². The van der Waals surface area contributed by atoms with Crippen LogP contribution in [0.5, 0.6) is 0 Å². The molecule has 1 heterocycles. The Balaban J connectivity index is 2.39. The Morgan fingerprint density at radius 2 is 2.00 bits per heavy atom. The summed E-state index contributed by atoms with van der Waals surface area (Å²) in [5.74, 6) is 0. The highest BCUT2D eigenvalue weighted by molar-refractivity contribution is 7.80. The summed E-state index contributed by atoms with van der Waals surface area (Å²) in [5, 5.41) is 0. The predicted molar refractivity (Wildman–Crippen MR) is 68.4 cm³/mol. The molecule has 0 saturated carbocycles. The van der Waals surface area contributed by atoms with E-state index in [1.54, 1.807) is 0 Å². The van der Waals surface area contributed by atoms with Crippen molar-refractivity contribution in [1.29, 1.82) is 0 Å². The van der Waals surface area contributed by atoms with Crippen LogP contribution in [0, 0.1) is 0 Å². The molecule has 0 atom stereocenters. The van der Waals surface area contributed by atoms with Crippen molar-refractivity contribution in [3.8, 4) is 0 Å². The first-order valence-electron chi connectivity index (χ1n) is 5.34. The molecule has 1 nitrogen and oxygen atoms in total. The molecule has 80 valence electrons. The Labute approximate surface area is 97.2 Å². The zero-order chi connectivity index (χ0) is 10.8. The number of nitrogens with zero attached hydrogens (tertiary/aromatic N) is 1. The average molecular weight is 219 g/mol. The predicted octanol–water partition coefficient (Wildman–Crippen LogP) is 3.08. The molecule has 0 spiro atoms. The van der Waals surface area contributed by atoms with Crippen LogP contribution in [-0.2, 0) is 0 Å². The Morgan fingerprint density at radius 1 is 1.27 bits per heavy atom. The number of hydrogen-bond acceptors (Lipinski definition) is 2. The summed E-state index contributed by atoms with van der Waals surface area (Å²) in [4.78, 5) is 3.45. The fraction of sp³-hybridized carbons (Fsp3) is 0.385. The van der Waals surface area contributed by atoms with E-state index in [1.165, 1.54) is 16.7 Å². The fourth-order valence-electron chi connectivity index (χ4n) is 2.19. The van der Waals surface area contributed by atoms with Crippen molar-refractivity contribution in [3.63, 3.8) is 0 Å². The van der Waals surface area contributed by atoms with E-state index in [1.807, 2.05) is 6.07 Å². The third kappa shape index (κ3) is 2.27. The minimum atomic E-state index is 1.08. The second-order valence-corrected chi connectivity index (χ2v) is 4.75. The van der Waals surface area contributed by atoms with Crippen molar-refractivity contribution in [1.82, 2.24) is 4.90 Å². The number of thiol groups is 1. The smallest absolute Gasteiger partial charge is 0.0193 e. The van der Waals surface area contributed by atoms with Gasteiger partial charge in [-0.2, -0.15) is 0 Å². The monoisotopic (exact) mass is 219 g/mol. The van der Waals surface area contributed by atoms with Gasteiger partial charge in [-0.3, -0.25) is 0 Å². The second kappa shape index (κ2) is 4.42. The van der Waals surface area contributed by atoms with Gasteiger partial charge in [-0.1, -0.05) is 23.8 Å². The van der Waals surface area contributed by atoms with E-state index in [-0.39, 0.29) is 0 Å². The van der Waals surface area contributed by atoms with Crippen LogP contribution in [0.4, 0.5) is 0 Å². The van der Waals surface area contributed by atoms with Crippen LogP contribution in [0.1, 0.15) is 18.9 Å². The van der Waals surface area contributed by atoms with Gasteiger partial charge in [0.05, 0.1) is 0 Å². The maximum Gasteiger partial charge on any atom is 0.0193 e. The molecule has 1 aliphatic heterocycles. The second-order valence-electron chi connectivity index (χ2n) is 4.26. The zero-order valence-corrected chi connectivity index (χ0v) is 10.2. The van der Waals surface area contributed by atoms with E-state index < -0.39 is 0 Å². The highest BCUT2D eigenvalue weighted by Gasteiger charge is 2.15. The molecule has 2 heteroatoms. The number of rotatable bonds is 1. The molecule has 0 radical (unpaired) electrons. The van der Waals surface area contributed by atoms with E-state index in [0.29, 0.717) is 0 Å². The molecule has 0 aliphatic carbocycles. The fourth-order valence-corrected chi connectivity index (χ4v) is 2.48. The molecule has 1 aromatic carbocycles. The van der Waals surface area contributed by atoms with Crippen LogP contribution >= 0.6 is 12.6 Å². The van der Waals surface area contributed by atoms with Gasteiger partial charge in [0.15, 0.2) is 0 Å². The van der Waals surface area contributed by atoms with Crippen LogP contribution in [0.2, 0.25) is 0 Å². The third-order valence-corrected chi connectivity index (χ3v) is 3.38. The lowest BCUT2D eigenvalue weighted by molar-refractivity contribution is 0.359. The molecular formula is C13H17NS. The number of hydrogen-bond donors (Lipinski definition) is 1. The van der Waals surface area contributed by atoms with E-state index in [2.05, 4.69) is 49.7 Å². The molecule has 15 heavy (non-hydrogen) atoms. The van der Waals surface area contributed by atoms with E-state index >= 15 is 0 Å². The van der Waals surface area contributed by atoms with E-state index in [4.69, 9.17) is 0 Å². The van der Waals surface area contributed by atoms with Crippen molar-refractivity contribution in [2.45, 2.75) is 18.2 Å². The molecule has 2 rings (SSSR count). The minimum Gasteiger partial charge on any atom is -0.302 e. The van der Waals surface area contributed by atoms with Gasteiger partial charge in [0.25, 0.3) is 0 Å². The van der Waals surface area contributed by atoms with E-state index in [0.717, 1.165) is 24.4 Å². The highest BCUT2D eigenvalue weighted by Crippen LogP contribution is 2.30. The maximum atomic E-state index is 4.52. The molecule has 0 fully saturated rings. The number of likely N-dealkylation sites (N-methyl/N-ethyl adjacent to an activating group) is 1. The molecule has 0 aromatic heterocycles. The van der Waals surface area contributed by atoms with Crippen LogP contribution in [0.3, 0.4) is 0 Å². The SMILES string of the molecule is CC1=C(c2ccccc2S)CCN(C)C1. The summed E-state index contributed by atoms with van der Waals surface area (Å²) in [6.45, 7) is 4.46. The molecular weight excluding hydrogens is 202 g/mol. The van der Waals surface area contributed by atoms with E-state index in [9.17, 15) is 0 Å². The standard InChI is InChI=1S/C13H17NS/c1-10-9-14(2)8-7-11(10)12-5-3-4-6-13(12)15/h3-6,15H,7-9H2,1-2H3. The maximum absolute atomic E-state index is 4.52. The average Bonchev–Trinajstić information content (AvgIpc) is 2.20. The van der Waals surface area contributed by atoms with Crippen LogP contribution < -0.4 is 0 Å². The summed E-state index contributed by atoms with van der Waals surface area (Å²) in [6, 6.07) is 8.37. The van der Waals surface area contributed by atoms with Crippen molar-refractivity contribution >= 4 is 18.2 Å². The first-order chi connectivity index (χ1) is 7.18. The largest absolute Gasteiger partial charge is 0.302 e. The van der Waals surface area contributed by atoms with Gasteiger partial charge in [0.1, 0.15) is 0 Å². The van der Waals surface area contributed by atoms with Crippen LogP contribution in [0.25, 0.3) is 5.57 Å². The molecule has 0 amide bonds. The van der Waals surface area contributed by atoms with Gasteiger partial charge < -0.3 is 4.90 Å². The van der Waals surface area contributed by atoms with Crippen LogP contribution in [0.15, 0.2) is 34.7 Å². The molecule has 0 unspecified atom stereocenters. The van der Waals surface area contributed by atoms with Gasteiger partial charge in [0.2, 0.25) is 0 Å². The summed E-state index contributed by atoms with van der Waals surface area (Å²) in [6.07, 6.45) is 1.14.